The van der Waals surface area contributed by atoms with Gasteiger partial charge in [-0.3, -0.25) is 0 Å². The second-order valence-corrected chi connectivity index (χ2v) is 5.85. The summed E-state index contributed by atoms with van der Waals surface area (Å²) in [6.45, 7) is 6.49. The van der Waals surface area contributed by atoms with Crippen LogP contribution in [0.25, 0.3) is 0 Å². The number of hydrogen-bond acceptors (Lipinski definition) is 6. The van der Waals surface area contributed by atoms with Crippen LogP contribution in [0.3, 0.4) is 0 Å². The number of carbonyl (C=O) groups is 2. The standard InChI is InChI=1S/C12H15BrN2O6/c1-5-20-10(16)8-6-7(13)9(15(18)19)14(8)11(17)21-12(2,3)4/h6H,5H2,1-4H3. The summed E-state index contributed by atoms with van der Waals surface area (Å²) in [7, 11) is 0. The molecule has 0 fully saturated rings. The molecule has 116 valence electrons. The molecule has 8 nitrogen and oxygen atoms in total. The van der Waals surface area contributed by atoms with Crippen molar-refractivity contribution >= 4 is 33.8 Å². The summed E-state index contributed by atoms with van der Waals surface area (Å²) in [5, 5.41) is 11.1. The van der Waals surface area contributed by atoms with E-state index in [0.29, 0.717) is 4.57 Å². The number of nitrogens with zero attached hydrogens (tertiary/aromatic N) is 2. The number of aromatic nitrogens is 1. The minimum absolute atomic E-state index is 0.0126. The zero-order valence-corrected chi connectivity index (χ0v) is 13.6. The molecule has 0 aliphatic rings. The van der Waals surface area contributed by atoms with Crippen molar-refractivity contribution in [3.8, 4) is 0 Å². The van der Waals surface area contributed by atoms with Crippen molar-refractivity contribution in [3.05, 3.63) is 26.3 Å². The number of hydrogen-bond donors (Lipinski definition) is 0. The van der Waals surface area contributed by atoms with Crippen LogP contribution in [0.15, 0.2) is 10.5 Å². The van der Waals surface area contributed by atoms with E-state index >= 15 is 0 Å². The summed E-state index contributed by atoms with van der Waals surface area (Å²) in [6.07, 6.45) is -1.03. The molecule has 21 heavy (non-hydrogen) atoms. The molecule has 1 aromatic heterocycles. The van der Waals surface area contributed by atoms with Gasteiger partial charge in [-0.1, -0.05) is 0 Å². The molecule has 0 spiro atoms. The molecule has 0 N–H and O–H groups in total. The van der Waals surface area contributed by atoms with Crippen LogP contribution in [0, 0.1) is 10.1 Å². The number of ether oxygens (including phenoxy) is 2. The Labute approximate surface area is 129 Å². The van der Waals surface area contributed by atoms with Gasteiger partial charge in [0.05, 0.1) is 6.61 Å². The van der Waals surface area contributed by atoms with E-state index in [-0.39, 0.29) is 16.8 Å². The third-order valence-corrected chi connectivity index (χ3v) is 2.75. The molecule has 0 radical (unpaired) electrons. The van der Waals surface area contributed by atoms with Crippen LogP contribution >= 0.6 is 15.9 Å². The van der Waals surface area contributed by atoms with Crippen LogP contribution in [0.2, 0.25) is 0 Å². The van der Waals surface area contributed by atoms with Crippen molar-refractivity contribution in [3.63, 3.8) is 0 Å². The molecule has 1 aromatic rings. The lowest BCUT2D eigenvalue weighted by molar-refractivity contribution is -0.391. The molecule has 0 aliphatic carbocycles. The van der Waals surface area contributed by atoms with Gasteiger partial charge in [0.1, 0.15) is 10.1 Å². The van der Waals surface area contributed by atoms with Gasteiger partial charge in [-0.05, 0) is 48.5 Å². The smallest absolute Gasteiger partial charge is 0.460 e. The third-order valence-electron chi connectivity index (χ3n) is 2.16. The van der Waals surface area contributed by atoms with Crippen molar-refractivity contribution in [2.75, 3.05) is 6.61 Å². The number of esters is 1. The van der Waals surface area contributed by atoms with E-state index < -0.39 is 28.4 Å². The first-order valence-electron chi connectivity index (χ1n) is 6.04. The van der Waals surface area contributed by atoms with E-state index in [9.17, 15) is 19.7 Å². The molecule has 0 amide bonds. The monoisotopic (exact) mass is 362 g/mol. The first-order valence-corrected chi connectivity index (χ1v) is 6.84. The molecule has 0 unspecified atom stereocenters. The van der Waals surface area contributed by atoms with Gasteiger partial charge in [0, 0.05) is 6.07 Å². The minimum atomic E-state index is -1.03. The van der Waals surface area contributed by atoms with Gasteiger partial charge in [0.25, 0.3) is 0 Å². The molecule has 0 bridgehead atoms. The second kappa shape index (κ2) is 6.25. The van der Waals surface area contributed by atoms with Crippen molar-refractivity contribution in [1.29, 1.82) is 0 Å². The van der Waals surface area contributed by atoms with Crippen molar-refractivity contribution < 1.29 is 24.0 Å². The maximum atomic E-state index is 12.1. The summed E-state index contributed by atoms with van der Waals surface area (Å²) in [5.41, 5.74) is -1.14. The van der Waals surface area contributed by atoms with E-state index in [2.05, 4.69) is 15.9 Å². The topological polar surface area (TPSA) is 101 Å². The van der Waals surface area contributed by atoms with Gasteiger partial charge in [0.15, 0.2) is 0 Å². The second-order valence-electron chi connectivity index (χ2n) is 4.99. The molecule has 0 saturated heterocycles. The number of halogens is 1. The Kier molecular flexibility index (Phi) is 5.10. The number of nitro groups is 1. The summed E-state index contributed by atoms with van der Waals surface area (Å²) >= 11 is 2.96. The molecule has 0 aliphatic heterocycles. The van der Waals surface area contributed by atoms with Gasteiger partial charge in [-0.25, -0.2) is 4.79 Å². The highest BCUT2D eigenvalue weighted by Crippen LogP contribution is 2.30. The van der Waals surface area contributed by atoms with E-state index in [0.717, 1.165) is 6.07 Å². The highest BCUT2D eigenvalue weighted by molar-refractivity contribution is 9.10. The molecule has 0 atom stereocenters. The van der Waals surface area contributed by atoms with Gasteiger partial charge in [-0.2, -0.15) is 4.79 Å². The Morgan fingerprint density at radius 2 is 2.00 bits per heavy atom. The van der Waals surface area contributed by atoms with Gasteiger partial charge < -0.3 is 19.6 Å². The van der Waals surface area contributed by atoms with E-state index in [1.54, 1.807) is 27.7 Å². The van der Waals surface area contributed by atoms with Crippen molar-refractivity contribution in [2.24, 2.45) is 0 Å². The quantitative estimate of drug-likeness (QED) is 0.465. The summed E-state index contributed by atoms with van der Waals surface area (Å²) < 4.78 is 10.5. The highest BCUT2D eigenvalue weighted by Gasteiger charge is 2.36. The molecule has 0 aromatic carbocycles. The maximum Gasteiger partial charge on any atom is 0.513 e. The van der Waals surface area contributed by atoms with Gasteiger partial charge >= 0.3 is 17.9 Å². The Balaban J connectivity index is 3.40. The predicted octanol–water partition coefficient (Wildman–Crippen LogP) is 3.12. The largest absolute Gasteiger partial charge is 0.513 e. The summed E-state index contributed by atoms with van der Waals surface area (Å²) in [6, 6.07) is 1.15. The Hall–Kier alpha value is -1.90. The molecule has 0 saturated carbocycles. The van der Waals surface area contributed by atoms with Crippen LogP contribution in [0.5, 0.6) is 0 Å². The Bertz CT molecular complexity index is 587. The van der Waals surface area contributed by atoms with E-state index in [4.69, 9.17) is 9.47 Å². The van der Waals surface area contributed by atoms with E-state index in [1.807, 2.05) is 0 Å². The molecule has 1 rings (SSSR count). The zero-order valence-electron chi connectivity index (χ0n) is 12.0. The maximum absolute atomic E-state index is 12.1. The summed E-state index contributed by atoms with van der Waals surface area (Å²) in [5.74, 6) is -1.44. The fraction of sp³-hybridized carbons (Fsp3) is 0.500. The first kappa shape index (κ1) is 17.2. The molecule has 1 heterocycles. The fourth-order valence-corrected chi connectivity index (χ4v) is 2.03. The lowest BCUT2D eigenvalue weighted by atomic mass is 10.2. The number of rotatable bonds is 3. The van der Waals surface area contributed by atoms with Gasteiger partial charge in [0.2, 0.25) is 5.69 Å². The van der Waals surface area contributed by atoms with Crippen LogP contribution in [0.4, 0.5) is 10.6 Å². The Morgan fingerprint density at radius 3 is 2.43 bits per heavy atom. The third kappa shape index (κ3) is 4.03. The highest BCUT2D eigenvalue weighted by atomic mass is 79.9. The molecule has 9 heteroatoms. The molecular formula is C12H15BrN2O6. The summed E-state index contributed by atoms with van der Waals surface area (Å²) in [4.78, 5) is 34.3. The lowest BCUT2D eigenvalue weighted by Crippen LogP contribution is -2.29. The fourth-order valence-electron chi connectivity index (χ4n) is 1.49. The van der Waals surface area contributed by atoms with Crippen LogP contribution < -0.4 is 0 Å². The SMILES string of the molecule is CCOC(=O)c1cc(Br)c([N+](=O)[O-])n1C(=O)OC(C)(C)C. The van der Waals surface area contributed by atoms with E-state index in [1.165, 1.54) is 0 Å². The van der Waals surface area contributed by atoms with Crippen LogP contribution in [-0.4, -0.2) is 33.8 Å². The normalized spacial score (nSPS) is 11.1. The van der Waals surface area contributed by atoms with Crippen molar-refractivity contribution in [2.45, 2.75) is 33.3 Å². The average molecular weight is 363 g/mol. The minimum Gasteiger partial charge on any atom is -0.460 e. The average Bonchev–Trinajstić information content (AvgIpc) is 2.65. The molecular weight excluding hydrogens is 348 g/mol. The van der Waals surface area contributed by atoms with Crippen LogP contribution in [0.1, 0.15) is 38.2 Å². The number of carbonyl (C=O) groups excluding carboxylic acids is 2. The lowest BCUT2D eigenvalue weighted by Gasteiger charge is -2.18. The van der Waals surface area contributed by atoms with Gasteiger partial charge in [-0.15, -0.1) is 4.57 Å². The van der Waals surface area contributed by atoms with Crippen LogP contribution in [-0.2, 0) is 9.47 Å². The van der Waals surface area contributed by atoms with Crippen molar-refractivity contribution in [1.82, 2.24) is 4.57 Å². The Morgan fingerprint density at radius 1 is 1.43 bits per heavy atom. The first-order chi connectivity index (χ1) is 9.58. The zero-order chi connectivity index (χ0) is 16.4. The predicted molar refractivity (Wildman–Crippen MR) is 76.4 cm³/mol.